The molecular formula is C19H24N4O. The maximum atomic E-state index is 10.8. The summed E-state index contributed by atoms with van der Waals surface area (Å²) in [6.07, 6.45) is 9.75. The van der Waals surface area contributed by atoms with Gasteiger partial charge in [-0.1, -0.05) is 13.3 Å². The van der Waals surface area contributed by atoms with Crippen LogP contribution < -0.4 is 5.32 Å². The minimum atomic E-state index is -0.620. The largest absolute Gasteiger partial charge is 0.388 e. The smallest absolute Gasteiger partial charge is 0.163 e. The van der Waals surface area contributed by atoms with Gasteiger partial charge in [0.15, 0.2) is 5.82 Å². The molecule has 4 rings (SSSR count). The van der Waals surface area contributed by atoms with Crippen LogP contribution in [0.2, 0.25) is 0 Å². The van der Waals surface area contributed by atoms with Gasteiger partial charge in [0.1, 0.15) is 5.82 Å². The monoisotopic (exact) mass is 324 g/mol. The van der Waals surface area contributed by atoms with Crippen molar-refractivity contribution >= 4 is 5.82 Å². The lowest BCUT2D eigenvalue weighted by atomic mass is 9.92. The third kappa shape index (κ3) is 2.77. The molecule has 24 heavy (non-hydrogen) atoms. The van der Waals surface area contributed by atoms with Gasteiger partial charge in [-0.15, -0.1) is 0 Å². The van der Waals surface area contributed by atoms with E-state index in [1.807, 2.05) is 12.1 Å². The van der Waals surface area contributed by atoms with Gasteiger partial charge in [-0.05, 0) is 50.2 Å². The lowest BCUT2D eigenvalue weighted by molar-refractivity contribution is 0.0223. The van der Waals surface area contributed by atoms with Crippen molar-refractivity contribution in [1.29, 1.82) is 0 Å². The molecule has 2 heterocycles. The zero-order valence-electron chi connectivity index (χ0n) is 14.1. The summed E-state index contributed by atoms with van der Waals surface area (Å²) in [6, 6.07) is 3.89. The number of rotatable bonds is 4. The molecule has 2 aliphatic rings. The maximum absolute atomic E-state index is 10.8. The Labute approximate surface area is 142 Å². The molecule has 0 radical (unpaired) electrons. The summed E-state index contributed by atoms with van der Waals surface area (Å²) >= 11 is 0. The highest BCUT2D eigenvalue weighted by Gasteiger charge is 2.38. The first-order chi connectivity index (χ1) is 11.7. The van der Waals surface area contributed by atoms with Crippen LogP contribution in [0, 0.1) is 5.92 Å². The van der Waals surface area contributed by atoms with Crippen LogP contribution in [0.5, 0.6) is 0 Å². The van der Waals surface area contributed by atoms with Crippen molar-refractivity contribution in [2.75, 3.05) is 11.9 Å². The number of hydrogen-bond donors (Lipinski definition) is 2. The van der Waals surface area contributed by atoms with Gasteiger partial charge in [0.05, 0.1) is 5.60 Å². The summed E-state index contributed by atoms with van der Waals surface area (Å²) < 4.78 is 0. The van der Waals surface area contributed by atoms with Gasteiger partial charge in [0.2, 0.25) is 0 Å². The fourth-order valence-electron chi connectivity index (χ4n) is 3.93. The Bertz CT molecular complexity index is 734. The first-order valence-electron chi connectivity index (χ1n) is 8.92. The molecule has 0 amide bonds. The Balaban J connectivity index is 1.64. The predicted octanol–water partition coefficient (Wildman–Crippen LogP) is 2.99. The number of hydrogen-bond acceptors (Lipinski definition) is 5. The van der Waals surface area contributed by atoms with Crippen LogP contribution in [0.25, 0.3) is 11.4 Å². The molecule has 126 valence electrons. The van der Waals surface area contributed by atoms with E-state index in [0.29, 0.717) is 12.5 Å². The Morgan fingerprint density at radius 3 is 2.96 bits per heavy atom. The van der Waals surface area contributed by atoms with Crippen molar-refractivity contribution in [2.24, 2.45) is 5.92 Å². The fourth-order valence-corrected chi connectivity index (χ4v) is 3.93. The van der Waals surface area contributed by atoms with Crippen molar-refractivity contribution in [3.05, 3.63) is 35.8 Å². The minimum Gasteiger partial charge on any atom is -0.388 e. The van der Waals surface area contributed by atoms with Crippen molar-refractivity contribution in [3.8, 4) is 11.4 Å². The number of aromatic nitrogens is 3. The van der Waals surface area contributed by atoms with Gasteiger partial charge in [0, 0.05) is 35.8 Å². The SMILES string of the molecule is CC1CCCC1(O)CNc1nc(-c2cccnc2)nc2c1CCC2. The van der Waals surface area contributed by atoms with Crippen LogP contribution >= 0.6 is 0 Å². The number of anilines is 1. The van der Waals surface area contributed by atoms with Gasteiger partial charge in [-0.3, -0.25) is 4.98 Å². The van der Waals surface area contributed by atoms with E-state index < -0.39 is 5.60 Å². The van der Waals surface area contributed by atoms with E-state index in [-0.39, 0.29) is 0 Å². The summed E-state index contributed by atoms with van der Waals surface area (Å²) in [5.74, 6) is 1.94. The van der Waals surface area contributed by atoms with E-state index in [0.717, 1.165) is 61.4 Å². The molecule has 2 aliphatic carbocycles. The zero-order valence-corrected chi connectivity index (χ0v) is 14.1. The number of fused-ring (bicyclic) bond motifs is 1. The lowest BCUT2D eigenvalue weighted by Gasteiger charge is -2.28. The predicted molar refractivity (Wildman–Crippen MR) is 93.7 cm³/mol. The molecular weight excluding hydrogens is 300 g/mol. The van der Waals surface area contributed by atoms with Gasteiger partial charge in [-0.25, -0.2) is 9.97 Å². The first kappa shape index (κ1) is 15.5. The number of nitrogens with zero attached hydrogens (tertiary/aromatic N) is 3. The van der Waals surface area contributed by atoms with E-state index in [9.17, 15) is 5.11 Å². The third-order valence-electron chi connectivity index (χ3n) is 5.58. The van der Waals surface area contributed by atoms with E-state index in [1.165, 1.54) is 5.56 Å². The van der Waals surface area contributed by atoms with Crippen LogP contribution in [-0.4, -0.2) is 32.2 Å². The van der Waals surface area contributed by atoms with Crippen molar-refractivity contribution in [1.82, 2.24) is 15.0 Å². The van der Waals surface area contributed by atoms with Crippen molar-refractivity contribution in [2.45, 2.75) is 51.0 Å². The van der Waals surface area contributed by atoms with Crippen LogP contribution in [-0.2, 0) is 12.8 Å². The van der Waals surface area contributed by atoms with Crippen LogP contribution in [0.4, 0.5) is 5.82 Å². The van der Waals surface area contributed by atoms with Gasteiger partial charge in [0.25, 0.3) is 0 Å². The highest BCUT2D eigenvalue weighted by Crippen LogP contribution is 2.36. The normalized spacial score (nSPS) is 25.7. The molecule has 0 aromatic carbocycles. The fraction of sp³-hybridized carbons (Fsp3) is 0.526. The standard InChI is InChI=1S/C19H24N4O/c1-13-5-3-9-19(13,24)12-21-18-15-7-2-8-16(15)22-17(23-18)14-6-4-10-20-11-14/h4,6,10-11,13,24H,2-3,5,7-9,12H2,1H3,(H,21,22,23). The van der Waals surface area contributed by atoms with Crippen LogP contribution in [0.1, 0.15) is 43.9 Å². The Hall–Kier alpha value is -2.01. The summed E-state index contributed by atoms with van der Waals surface area (Å²) in [7, 11) is 0. The van der Waals surface area contributed by atoms with Crippen LogP contribution in [0.3, 0.4) is 0 Å². The van der Waals surface area contributed by atoms with Crippen LogP contribution in [0.15, 0.2) is 24.5 Å². The zero-order chi connectivity index (χ0) is 16.6. The molecule has 2 aromatic rings. The molecule has 0 aliphatic heterocycles. The van der Waals surface area contributed by atoms with Gasteiger partial charge >= 0.3 is 0 Å². The molecule has 5 heteroatoms. The Morgan fingerprint density at radius 1 is 1.29 bits per heavy atom. The first-order valence-corrected chi connectivity index (χ1v) is 8.92. The van der Waals surface area contributed by atoms with E-state index in [1.54, 1.807) is 12.4 Å². The highest BCUT2D eigenvalue weighted by atomic mass is 16.3. The highest BCUT2D eigenvalue weighted by molar-refractivity contribution is 5.60. The van der Waals surface area contributed by atoms with Gasteiger partial charge < -0.3 is 10.4 Å². The van der Waals surface area contributed by atoms with E-state index >= 15 is 0 Å². The molecule has 5 nitrogen and oxygen atoms in total. The summed E-state index contributed by atoms with van der Waals surface area (Å²) in [5, 5.41) is 14.3. The summed E-state index contributed by atoms with van der Waals surface area (Å²) in [6.45, 7) is 2.70. The molecule has 2 aromatic heterocycles. The minimum absolute atomic E-state index is 0.331. The van der Waals surface area contributed by atoms with E-state index in [4.69, 9.17) is 9.97 Å². The second kappa shape index (κ2) is 6.13. The summed E-state index contributed by atoms with van der Waals surface area (Å²) in [4.78, 5) is 13.7. The maximum Gasteiger partial charge on any atom is 0.163 e. The molecule has 2 N–H and O–H groups in total. The third-order valence-corrected chi connectivity index (χ3v) is 5.58. The topological polar surface area (TPSA) is 70.9 Å². The molecule has 2 atom stereocenters. The molecule has 1 fully saturated rings. The second-order valence-corrected chi connectivity index (χ2v) is 7.17. The Kier molecular flexibility index (Phi) is 3.96. The van der Waals surface area contributed by atoms with Crippen molar-refractivity contribution in [3.63, 3.8) is 0 Å². The second-order valence-electron chi connectivity index (χ2n) is 7.17. The Morgan fingerprint density at radius 2 is 2.21 bits per heavy atom. The molecule has 1 saturated carbocycles. The number of aryl methyl sites for hydroxylation is 1. The average Bonchev–Trinajstić information content (AvgIpc) is 3.21. The van der Waals surface area contributed by atoms with Gasteiger partial charge in [-0.2, -0.15) is 0 Å². The summed E-state index contributed by atoms with van der Waals surface area (Å²) in [5.41, 5.74) is 2.67. The van der Waals surface area contributed by atoms with Crippen molar-refractivity contribution < 1.29 is 5.11 Å². The quantitative estimate of drug-likeness (QED) is 0.905. The number of pyridine rings is 1. The lowest BCUT2D eigenvalue weighted by Crippen LogP contribution is -2.39. The number of nitrogens with one attached hydrogen (secondary N) is 1. The van der Waals surface area contributed by atoms with E-state index in [2.05, 4.69) is 17.2 Å². The average molecular weight is 324 g/mol. The molecule has 0 saturated heterocycles. The molecule has 0 bridgehead atoms. The molecule has 0 spiro atoms. The number of aliphatic hydroxyl groups is 1. The molecule has 2 unspecified atom stereocenters.